The van der Waals surface area contributed by atoms with Gasteiger partial charge in [0, 0.05) is 5.39 Å². The van der Waals surface area contributed by atoms with Gasteiger partial charge in [-0.25, -0.2) is 0 Å². The van der Waals surface area contributed by atoms with Crippen LogP contribution >= 0.6 is 24.0 Å². The highest BCUT2D eigenvalue weighted by Gasteiger charge is 2.33. The number of fused-ring (bicyclic) bond motifs is 1. The molecule has 0 unspecified atom stereocenters. The normalized spacial score (nSPS) is 15.9. The van der Waals surface area contributed by atoms with E-state index in [1.807, 2.05) is 42.5 Å². The van der Waals surface area contributed by atoms with Crippen molar-refractivity contribution >= 4 is 57.0 Å². The maximum absolute atomic E-state index is 12.1. The minimum absolute atomic E-state index is 0.179. The van der Waals surface area contributed by atoms with Crippen LogP contribution in [0.2, 0.25) is 0 Å². The summed E-state index contributed by atoms with van der Waals surface area (Å²) >= 11 is 6.37. The van der Waals surface area contributed by atoms with E-state index in [0.717, 1.165) is 33.8 Å². The molecule has 5 nitrogen and oxygen atoms in total. The molecular formula is C18H15NO4S2. The fourth-order valence-electron chi connectivity index (χ4n) is 2.57. The second-order valence-corrected chi connectivity index (χ2v) is 6.63. The smallest absolute Gasteiger partial charge is 0.325 e. The summed E-state index contributed by atoms with van der Waals surface area (Å²) in [5, 5.41) is 1.70. The third-order valence-electron chi connectivity index (χ3n) is 3.81. The molecule has 2 aromatic rings. The van der Waals surface area contributed by atoms with Crippen LogP contribution in [0.1, 0.15) is 5.56 Å². The summed E-state index contributed by atoms with van der Waals surface area (Å²) in [6, 6.07) is 11.7. The number of benzene rings is 2. The van der Waals surface area contributed by atoms with Gasteiger partial charge in [-0.15, -0.1) is 0 Å². The van der Waals surface area contributed by atoms with Crippen LogP contribution in [0.25, 0.3) is 16.8 Å². The Hall–Kier alpha value is -2.38. The van der Waals surface area contributed by atoms with E-state index in [0.29, 0.717) is 9.89 Å². The second-order valence-electron chi connectivity index (χ2n) is 5.25. The maximum Gasteiger partial charge on any atom is 0.325 e. The number of methoxy groups -OCH3 is 2. The Bertz CT molecular complexity index is 907. The number of nitrogens with zero attached hydrogens (tertiary/aromatic N) is 1. The van der Waals surface area contributed by atoms with E-state index in [9.17, 15) is 9.59 Å². The first-order chi connectivity index (χ1) is 12.0. The first-order valence-corrected chi connectivity index (χ1v) is 8.65. The van der Waals surface area contributed by atoms with Crippen molar-refractivity contribution in [3.8, 4) is 5.75 Å². The number of ether oxygens (including phenoxy) is 2. The quantitative estimate of drug-likeness (QED) is 0.461. The van der Waals surface area contributed by atoms with Crippen LogP contribution in [0.15, 0.2) is 41.3 Å². The Balaban J connectivity index is 1.99. The molecule has 1 aliphatic heterocycles. The van der Waals surface area contributed by atoms with E-state index >= 15 is 0 Å². The molecule has 0 bridgehead atoms. The lowest BCUT2D eigenvalue weighted by atomic mass is 10.0. The van der Waals surface area contributed by atoms with Crippen molar-refractivity contribution in [2.45, 2.75) is 0 Å². The van der Waals surface area contributed by atoms with Crippen LogP contribution in [0, 0.1) is 0 Å². The van der Waals surface area contributed by atoms with Crippen LogP contribution in [0.3, 0.4) is 0 Å². The van der Waals surface area contributed by atoms with Crippen LogP contribution in [-0.4, -0.2) is 41.9 Å². The lowest BCUT2D eigenvalue weighted by Crippen LogP contribution is -2.33. The molecule has 0 spiro atoms. The molecule has 3 rings (SSSR count). The number of thiocarbonyl (C=S) groups is 1. The van der Waals surface area contributed by atoms with Gasteiger partial charge in [-0.3, -0.25) is 14.5 Å². The highest BCUT2D eigenvalue weighted by Crippen LogP contribution is 2.36. The zero-order chi connectivity index (χ0) is 18.0. The summed E-state index contributed by atoms with van der Waals surface area (Å²) in [6.45, 7) is -0.179. The Morgan fingerprint density at radius 3 is 2.60 bits per heavy atom. The summed E-state index contributed by atoms with van der Waals surface area (Å²) in [6.07, 6.45) is 1.87. The molecule has 2 aromatic carbocycles. The molecule has 1 saturated heterocycles. The SMILES string of the molecule is COC(=O)CN1C(=O)SC(=Cc2ccc(OC)c3ccccc23)C1=S. The van der Waals surface area contributed by atoms with Gasteiger partial charge in [-0.05, 0) is 34.9 Å². The molecule has 7 heteroatoms. The zero-order valence-electron chi connectivity index (χ0n) is 13.6. The number of rotatable bonds is 4. The molecule has 0 aromatic heterocycles. The van der Waals surface area contributed by atoms with E-state index < -0.39 is 5.97 Å². The van der Waals surface area contributed by atoms with Gasteiger partial charge in [-0.2, -0.15) is 0 Å². The largest absolute Gasteiger partial charge is 0.496 e. The van der Waals surface area contributed by atoms with Crippen LogP contribution in [0.5, 0.6) is 5.75 Å². The summed E-state index contributed by atoms with van der Waals surface area (Å²) in [7, 11) is 2.91. The Kier molecular flexibility index (Phi) is 5.06. The van der Waals surface area contributed by atoms with Crippen molar-refractivity contribution in [2.24, 2.45) is 0 Å². The molecule has 0 radical (unpaired) electrons. The van der Waals surface area contributed by atoms with Crippen molar-refractivity contribution in [3.05, 3.63) is 46.9 Å². The highest BCUT2D eigenvalue weighted by molar-refractivity contribution is 8.19. The Morgan fingerprint density at radius 2 is 1.92 bits per heavy atom. The Morgan fingerprint density at radius 1 is 1.20 bits per heavy atom. The molecule has 1 aliphatic rings. The van der Waals surface area contributed by atoms with Crippen LogP contribution in [-0.2, 0) is 9.53 Å². The molecule has 128 valence electrons. The molecule has 25 heavy (non-hydrogen) atoms. The molecule has 1 heterocycles. The summed E-state index contributed by atoms with van der Waals surface area (Å²) < 4.78 is 10.0. The monoisotopic (exact) mass is 373 g/mol. The van der Waals surface area contributed by atoms with Gasteiger partial charge in [0.2, 0.25) is 0 Å². The molecule has 0 atom stereocenters. The van der Waals surface area contributed by atoms with Crippen molar-refractivity contribution in [2.75, 3.05) is 20.8 Å². The van der Waals surface area contributed by atoms with Gasteiger partial charge in [0.05, 0.1) is 19.1 Å². The topological polar surface area (TPSA) is 55.8 Å². The summed E-state index contributed by atoms with van der Waals surface area (Å²) in [5.74, 6) is 0.273. The van der Waals surface area contributed by atoms with Gasteiger partial charge < -0.3 is 9.47 Å². The van der Waals surface area contributed by atoms with Gasteiger partial charge in [0.1, 0.15) is 17.3 Å². The van der Waals surface area contributed by atoms with E-state index in [-0.39, 0.29) is 11.8 Å². The predicted octanol–water partition coefficient (Wildman–Crippen LogP) is 3.86. The van der Waals surface area contributed by atoms with Crippen molar-refractivity contribution in [1.82, 2.24) is 4.90 Å². The van der Waals surface area contributed by atoms with E-state index in [1.165, 1.54) is 12.0 Å². The third-order valence-corrected chi connectivity index (χ3v) is 5.31. The third kappa shape index (κ3) is 3.38. The average Bonchev–Trinajstić information content (AvgIpc) is 2.89. The second kappa shape index (κ2) is 7.25. The fraction of sp³-hybridized carbons (Fsp3) is 0.167. The summed E-state index contributed by atoms with van der Waals surface area (Å²) in [4.78, 5) is 25.8. The number of carbonyl (C=O) groups excluding carboxylic acids is 2. The lowest BCUT2D eigenvalue weighted by Gasteiger charge is -2.12. The molecule has 0 N–H and O–H groups in total. The average molecular weight is 373 g/mol. The number of hydrogen-bond donors (Lipinski definition) is 0. The zero-order valence-corrected chi connectivity index (χ0v) is 15.3. The first kappa shape index (κ1) is 17.4. The number of hydrogen-bond acceptors (Lipinski definition) is 6. The van der Waals surface area contributed by atoms with Crippen molar-refractivity contribution in [3.63, 3.8) is 0 Å². The first-order valence-electron chi connectivity index (χ1n) is 7.43. The molecule has 0 saturated carbocycles. The number of esters is 1. The number of amides is 1. The van der Waals surface area contributed by atoms with E-state index in [1.54, 1.807) is 7.11 Å². The molecular weight excluding hydrogens is 358 g/mol. The lowest BCUT2D eigenvalue weighted by molar-refractivity contribution is -0.140. The Labute approximate surface area is 154 Å². The van der Waals surface area contributed by atoms with Crippen molar-refractivity contribution < 1.29 is 19.1 Å². The number of carbonyl (C=O) groups is 2. The minimum Gasteiger partial charge on any atom is -0.496 e. The highest BCUT2D eigenvalue weighted by atomic mass is 32.2. The van der Waals surface area contributed by atoms with Gasteiger partial charge in [0.15, 0.2) is 0 Å². The molecule has 1 fully saturated rings. The molecule has 0 aliphatic carbocycles. The van der Waals surface area contributed by atoms with Gasteiger partial charge in [0.25, 0.3) is 5.24 Å². The van der Waals surface area contributed by atoms with Crippen molar-refractivity contribution in [1.29, 1.82) is 0 Å². The minimum atomic E-state index is -0.507. The van der Waals surface area contributed by atoms with E-state index in [4.69, 9.17) is 17.0 Å². The standard InChI is InChI=1S/C18H15NO4S2/c1-22-14-8-7-11(12-5-3-4-6-13(12)14)9-15-17(24)19(18(21)25-15)10-16(20)23-2/h3-9H,10H2,1-2H3. The summed E-state index contributed by atoms with van der Waals surface area (Å²) in [5.41, 5.74) is 0.925. The number of thioether (sulfide) groups is 1. The maximum atomic E-state index is 12.1. The van der Waals surface area contributed by atoms with Crippen LogP contribution < -0.4 is 4.74 Å². The fourth-order valence-corrected chi connectivity index (χ4v) is 3.80. The molecule has 1 amide bonds. The predicted molar refractivity (Wildman–Crippen MR) is 103 cm³/mol. The van der Waals surface area contributed by atoms with Gasteiger partial charge >= 0.3 is 5.97 Å². The van der Waals surface area contributed by atoms with Crippen LogP contribution in [0.4, 0.5) is 4.79 Å². The van der Waals surface area contributed by atoms with Gasteiger partial charge in [-0.1, -0.05) is 42.5 Å². The van der Waals surface area contributed by atoms with E-state index in [2.05, 4.69) is 4.74 Å².